The van der Waals surface area contributed by atoms with Crippen molar-refractivity contribution in [2.24, 2.45) is 4.99 Å². The summed E-state index contributed by atoms with van der Waals surface area (Å²) in [6, 6.07) is 0.0673. The molecule has 0 aromatic carbocycles. The maximum Gasteiger partial charge on any atom is 0.407 e. The second-order valence-electron chi connectivity index (χ2n) is 10.2. The lowest BCUT2D eigenvalue weighted by Crippen LogP contribution is -2.56. The molecule has 0 spiro atoms. The Morgan fingerprint density at radius 3 is 2.33 bits per heavy atom. The molecule has 1 amide bonds. The van der Waals surface area contributed by atoms with Gasteiger partial charge in [0.2, 0.25) is 0 Å². The van der Waals surface area contributed by atoms with Gasteiger partial charge in [-0.25, -0.2) is 4.79 Å². The molecule has 2 N–H and O–H groups in total. The molecular formula is C22H43N5O3. The first kappa shape index (κ1) is 24.7. The van der Waals surface area contributed by atoms with Crippen LogP contribution in [0, 0.1) is 0 Å². The number of carbonyl (C=O) groups is 1. The highest BCUT2D eigenvalue weighted by Crippen LogP contribution is 2.22. The number of nitrogens with zero attached hydrogens (tertiary/aromatic N) is 3. The number of likely N-dealkylation sites (tertiary alicyclic amines) is 1. The van der Waals surface area contributed by atoms with Crippen molar-refractivity contribution in [3.8, 4) is 0 Å². The average molecular weight is 426 g/mol. The Morgan fingerprint density at radius 2 is 1.77 bits per heavy atom. The average Bonchev–Trinajstić information content (AvgIpc) is 3.04. The van der Waals surface area contributed by atoms with Crippen LogP contribution in [-0.2, 0) is 9.47 Å². The number of amides is 1. The Labute approximate surface area is 182 Å². The quantitative estimate of drug-likeness (QED) is 0.520. The normalized spacial score (nSPS) is 26.6. The minimum atomic E-state index is -0.487. The second kappa shape index (κ2) is 10.2. The van der Waals surface area contributed by atoms with E-state index in [9.17, 15) is 4.79 Å². The molecule has 2 heterocycles. The van der Waals surface area contributed by atoms with E-state index in [0.29, 0.717) is 6.54 Å². The third-order valence-corrected chi connectivity index (χ3v) is 5.43. The van der Waals surface area contributed by atoms with E-state index in [-0.39, 0.29) is 29.9 Å². The maximum absolute atomic E-state index is 12.1. The van der Waals surface area contributed by atoms with Crippen LogP contribution in [0.15, 0.2) is 4.99 Å². The number of carbonyl (C=O) groups excluding carboxylic acids is 1. The number of hydrogen-bond donors (Lipinski definition) is 2. The van der Waals surface area contributed by atoms with Crippen molar-refractivity contribution < 1.29 is 14.3 Å². The summed E-state index contributed by atoms with van der Waals surface area (Å²) < 4.78 is 11.3. The van der Waals surface area contributed by atoms with Crippen LogP contribution < -0.4 is 10.6 Å². The molecule has 3 atom stereocenters. The third kappa shape index (κ3) is 7.61. The fourth-order valence-corrected chi connectivity index (χ4v) is 4.01. The molecule has 0 aromatic rings. The molecule has 0 aliphatic carbocycles. The van der Waals surface area contributed by atoms with Crippen LogP contribution in [0.25, 0.3) is 0 Å². The van der Waals surface area contributed by atoms with E-state index in [1.807, 2.05) is 20.8 Å². The Hall–Kier alpha value is -1.54. The molecule has 2 rings (SSSR count). The van der Waals surface area contributed by atoms with Crippen molar-refractivity contribution in [1.82, 2.24) is 20.4 Å². The number of aliphatic imine (C=N–C) groups is 1. The summed E-state index contributed by atoms with van der Waals surface area (Å²) in [5, 5.41) is 6.41. The van der Waals surface area contributed by atoms with E-state index < -0.39 is 5.60 Å². The zero-order valence-corrected chi connectivity index (χ0v) is 20.2. The summed E-state index contributed by atoms with van der Waals surface area (Å²) >= 11 is 0. The Morgan fingerprint density at radius 1 is 1.13 bits per heavy atom. The topological polar surface area (TPSA) is 78.4 Å². The number of alkyl carbamates (subject to hydrolysis) is 1. The van der Waals surface area contributed by atoms with Gasteiger partial charge in [-0.05, 0) is 61.8 Å². The molecule has 8 nitrogen and oxygen atoms in total. The zero-order chi connectivity index (χ0) is 22.5. The van der Waals surface area contributed by atoms with Crippen LogP contribution in [0.4, 0.5) is 4.79 Å². The molecule has 2 saturated heterocycles. The fraction of sp³-hybridized carbons (Fsp3) is 0.909. The minimum Gasteiger partial charge on any atom is -0.444 e. The lowest BCUT2D eigenvalue weighted by atomic mass is 10.0. The van der Waals surface area contributed by atoms with Crippen molar-refractivity contribution in [3.05, 3.63) is 0 Å². The van der Waals surface area contributed by atoms with Crippen LogP contribution >= 0.6 is 0 Å². The molecule has 2 aliphatic rings. The summed E-state index contributed by atoms with van der Waals surface area (Å²) in [5.74, 6) is 0.911. The number of hydrogen-bond acceptors (Lipinski definition) is 5. The monoisotopic (exact) mass is 425 g/mol. The van der Waals surface area contributed by atoms with Gasteiger partial charge in [0.25, 0.3) is 0 Å². The first-order chi connectivity index (χ1) is 13.9. The van der Waals surface area contributed by atoms with E-state index >= 15 is 0 Å². The zero-order valence-electron chi connectivity index (χ0n) is 20.2. The molecule has 8 heteroatoms. The van der Waals surface area contributed by atoms with E-state index in [2.05, 4.69) is 55.1 Å². The highest BCUT2D eigenvalue weighted by Gasteiger charge is 2.34. The summed E-state index contributed by atoms with van der Waals surface area (Å²) in [4.78, 5) is 21.8. The van der Waals surface area contributed by atoms with Crippen molar-refractivity contribution in [2.45, 2.75) is 91.2 Å². The van der Waals surface area contributed by atoms with Crippen LogP contribution in [0.3, 0.4) is 0 Å². The SMILES string of the molecule is CCNC(=NCC(C)(C)N1CC(C)OC(C)C1)N1CCC(NC(=O)OC(C)(C)C)C1. The Bertz CT molecular complexity index is 592. The largest absolute Gasteiger partial charge is 0.444 e. The van der Waals surface area contributed by atoms with Crippen LogP contribution in [0.5, 0.6) is 0 Å². The Balaban J connectivity index is 1.96. The number of ether oxygens (including phenoxy) is 2. The first-order valence-corrected chi connectivity index (χ1v) is 11.3. The van der Waals surface area contributed by atoms with E-state index in [0.717, 1.165) is 45.1 Å². The highest BCUT2D eigenvalue weighted by atomic mass is 16.6. The predicted molar refractivity (Wildman–Crippen MR) is 121 cm³/mol. The summed E-state index contributed by atoms with van der Waals surface area (Å²) in [7, 11) is 0. The minimum absolute atomic E-state index is 0.0547. The molecule has 3 unspecified atom stereocenters. The molecule has 2 aliphatic heterocycles. The van der Waals surface area contributed by atoms with Crippen molar-refractivity contribution in [3.63, 3.8) is 0 Å². The molecular weight excluding hydrogens is 382 g/mol. The van der Waals surface area contributed by atoms with Crippen LogP contribution in [0.2, 0.25) is 0 Å². The fourth-order valence-electron chi connectivity index (χ4n) is 4.01. The summed E-state index contributed by atoms with van der Waals surface area (Å²) in [5.41, 5.74) is -0.542. The molecule has 174 valence electrons. The van der Waals surface area contributed by atoms with Gasteiger partial charge in [-0.3, -0.25) is 9.89 Å². The van der Waals surface area contributed by atoms with Gasteiger partial charge in [0, 0.05) is 38.3 Å². The van der Waals surface area contributed by atoms with Crippen molar-refractivity contribution in [1.29, 1.82) is 0 Å². The van der Waals surface area contributed by atoms with Gasteiger partial charge in [-0.2, -0.15) is 0 Å². The molecule has 0 aromatic heterocycles. The van der Waals surface area contributed by atoms with Crippen LogP contribution in [0.1, 0.15) is 61.8 Å². The summed E-state index contributed by atoms with van der Waals surface area (Å²) in [6.45, 7) is 21.4. The third-order valence-electron chi connectivity index (χ3n) is 5.43. The van der Waals surface area contributed by atoms with E-state index in [1.165, 1.54) is 0 Å². The van der Waals surface area contributed by atoms with Gasteiger partial charge in [-0.1, -0.05) is 0 Å². The highest BCUT2D eigenvalue weighted by molar-refractivity contribution is 5.80. The smallest absolute Gasteiger partial charge is 0.407 e. The molecule has 30 heavy (non-hydrogen) atoms. The molecule has 0 bridgehead atoms. The van der Waals surface area contributed by atoms with Gasteiger partial charge in [-0.15, -0.1) is 0 Å². The standard InChI is InChI=1S/C22H43N5O3/c1-9-23-19(24-15-22(7,8)27-12-16(2)29-17(3)13-27)26-11-10-18(14-26)25-20(28)30-21(4,5)6/h16-18H,9-15H2,1-8H3,(H,23,24)(H,25,28). The van der Waals surface area contributed by atoms with Gasteiger partial charge in [0.1, 0.15) is 5.60 Å². The van der Waals surface area contributed by atoms with Crippen molar-refractivity contribution in [2.75, 3.05) is 39.3 Å². The van der Waals surface area contributed by atoms with E-state index in [4.69, 9.17) is 14.5 Å². The maximum atomic E-state index is 12.1. The van der Waals surface area contributed by atoms with Crippen LogP contribution in [-0.4, -0.2) is 90.5 Å². The van der Waals surface area contributed by atoms with Gasteiger partial charge < -0.3 is 25.0 Å². The molecule has 2 fully saturated rings. The lowest BCUT2D eigenvalue weighted by Gasteiger charge is -2.44. The van der Waals surface area contributed by atoms with Gasteiger partial charge >= 0.3 is 6.09 Å². The Kier molecular flexibility index (Phi) is 8.39. The first-order valence-electron chi connectivity index (χ1n) is 11.3. The van der Waals surface area contributed by atoms with Gasteiger partial charge in [0.05, 0.1) is 24.8 Å². The number of rotatable bonds is 5. The van der Waals surface area contributed by atoms with Gasteiger partial charge in [0.15, 0.2) is 5.96 Å². The number of guanidine groups is 1. The van der Waals surface area contributed by atoms with E-state index in [1.54, 1.807) is 0 Å². The van der Waals surface area contributed by atoms with Crippen molar-refractivity contribution >= 4 is 12.1 Å². The molecule has 0 saturated carbocycles. The number of nitrogens with one attached hydrogen (secondary N) is 2. The predicted octanol–water partition coefficient (Wildman–Crippen LogP) is 2.44. The second-order valence-corrected chi connectivity index (χ2v) is 10.2. The lowest BCUT2D eigenvalue weighted by molar-refractivity contribution is -0.0939. The number of morpholine rings is 1. The summed E-state index contributed by atoms with van der Waals surface area (Å²) in [6.07, 6.45) is 1.01. The molecule has 0 radical (unpaired) electrons.